The summed E-state index contributed by atoms with van der Waals surface area (Å²) in [5.74, 6) is 0.916. The largest absolute Gasteiger partial charge is 0.378 e. The lowest BCUT2D eigenvalue weighted by atomic mass is 10.2. The Balaban J connectivity index is 1.31. The van der Waals surface area contributed by atoms with E-state index in [2.05, 4.69) is 25.6 Å². The number of ether oxygens (including phenoxy) is 1. The molecule has 1 aliphatic heterocycles. The standard InChI is InChI=1S/C21H24N6O2/c28-21(25-19-4-1-3-18(13-19)16-27-8-2-6-24-27)23-15-17-5-7-22-20(14-17)26-9-11-29-12-10-26/h1-8,13-14H,9-12,15-16H2,(H2,23,25,28). The Bertz CT molecular complexity index is 938. The van der Waals surface area contributed by atoms with Gasteiger partial charge < -0.3 is 20.3 Å². The lowest BCUT2D eigenvalue weighted by molar-refractivity contribution is 0.122. The number of morpholine rings is 1. The summed E-state index contributed by atoms with van der Waals surface area (Å²) in [6.07, 6.45) is 5.43. The highest BCUT2D eigenvalue weighted by Crippen LogP contribution is 2.15. The summed E-state index contributed by atoms with van der Waals surface area (Å²) in [4.78, 5) is 18.9. The van der Waals surface area contributed by atoms with Crippen molar-refractivity contribution >= 4 is 17.5 Å². The lowest BCUT2D eigenvalue weighted by Crippen LogP contribution is -2.36. The number of nitrogens with zero attached hydrogens (tertiary/aromatic N) is 4. The molecule has 0 atom stereocenters. The fourth-order valence-electron chi connectivity index (χ4n) is 3.22. The number of anilines is 2. The Morgan fingerprint density at radius 2 is 1.97 bits per heavy atom. The van der Waals surface area contributed by atoms with E-state index in [0.29, 0.717) is 26.3 Å². The van der Waals surface area contributed by atoms with Gasteiger partial charge in [0.2, 0.25) is 0 Å². The summed E-state index contributed by atoms with van der Waals surface area (Å²) in [7, 11) is 0. The molecule has 3 aromatic rings. The minimum Gasteiger partial charge on any atom is -0.378 e. The van der Waals surface area contributed by atoms with Crippen molar-refractivity contribution in [2.75, 3.05) is 36.5 Å². The predicted octanol–water partition coefficient (Wildman–Crippen LogP) is 2.48. The molecule has 0 spiro atoms. The summed E-state index contributed by atoms with van der Waals surface area (Å²) >= 11 is 0. The van der Waals surface area contributed by atoms with Crippen LogP contribution in [-0.2, 0) is 17.8 Å². The normalized spacial score (nSPS) is 13.9. The highest BCUT2D eigenvalue weighted by molar-refractivity contribution is 5.89. The van der Waals surface area contributed by atoms with Crippen molar-refractivity contribution in [3.05, 3.63) is 72.2 Å². The quantitative estimate of drug-likeness (QED) is 0.673. The van der Waals surface area contributed by atoms with E-state index in [9.17, 15) is 4.79 Å². The van der Waals surface area contributed by atoms with E-state index in [1.807, 2.05) is 53.3 Å². The van der Waals surface area contributed by atoms with E-state index in [1.54, 1.807) is 12.4 Å². The molecule has 2 N–H and O–H groups in total. The van der Waals surface area contributed by atoms with E-state index in [0.717, 1.165) is 35.7 Å². The first-order valence-corrected chi connectivity index (χ1v) is 9.65. The Morgan fingerprint density at radius 3 is 2.79 bits per heavy atom. The molecule has 0 unspecified atom stereocenters. The molecule has 1 fully saturated rings. The molecule has 1 saturated heterocycles. The Kier molecular flexibility index (Phi) is 6.01. The van der Waals surface area contributed by atoms with Gasteiger partial charge in [-0.05, 0) is 41.5 Å². The number of rotatable bonds is 6. The minimum atomic E-state index is -0.244. The third-order valence-electron chi connectivity index (χ3n) is 4.69. The van der Waals surface area contributed by atoms with Crippen LogP contribution in [0.15, 0.2) is 61.1 Å². The number of urea groups is 1. The van der Waals surface area contributed by atoms with Crippen molar-refractivity contribution < 1.29 is 9.53 Å². The van der Waals surface area contributed by atoms with Gasteiger partial charge in [-0.25, -0.2) is 9.78 Å². The fourth-order valence-corrected chi connectivity index (χ4v) is 3.22. The first kappa shape index (κ1) is 18.9. The molecule has 8 nitrogen and oxygen atoms in total. The zero-order chi connectivity index (χ0) is 19.9. The van der Waals surface area contributed by atoms with Crippen molar-refractivity contribution in [1.29, 1.82) is 0 Å². The van der Waals surface area contributed by atoms with Crippen LogP contribution in [0.25, 0.3) is 0 Å². The van der Waals surface area contributed by atoms with Crippen molar-refractivity contribution in [2.45, 2.75) is 13.1 Å². The Labute approximate surface area is 169 Å². The number of nitrogens with one attached hydrogen (secondary N) is 2. The molecule has 3 heterocycles. The second-order valence-corrected chi connectivity index (χ2v) is 6.83. The number of pyridine rings is 1. The van der Waals surface area contributed by atoms with Crippen molar-refractivity contribution in [3.8, 4) is 0 Å². The van der Waals surface area contributed by atoms with Crippen molar-refractivity contribution in [2.24, 2.45) is 0 Å². The number of hydrogen-bond donors (Lipinski definition) is 2. The topological polar surface area (TPSA) is 84.3 Å². The SMILES string of the molecule is O=C(NCc1ccnc(N2CCOCC2)c1)Nc1cccc(Cn2cccn2)c1. The Morgan fingerprint density at radius 1 is 1.07 bits per heavy atom. The van der Waals surface area contributed by atoms with Gasteiger partial charge in [-0.3, -0.25) is 4.68 Å². The van der Waals surface area contributed by atoms with Gasteiger partial charge in [0.05, 0.1) is 19.8 Å². The lowest BCUT2D eigenvalue weighted by Gasteiger charge is -2.28. The molecule has 0 aliphatic carbocycles. The van der Waals surface area contributed by atoms with Gasteiger partial charge in [0.25, 0.3) is 0 Å². The van der Waals surface area contributed by atoms with E-state index in [1.165, 1.54) is 0 Å². The molecule has 29 heavy (non-hydrogen) atoms. The second kappa shape index (κ2) is 9.20. The van der Waals surface area contributed by atoms with Crippen molar-refractivity contribution in [3.63, 3.8) is 0 Å². The summed E-state index contributed by atoms with van der Waals surface area (Å²) in [5.41, 5.74) is 2.82. The number of carbonyl (C=O) groups excluding carboxylic acids is 1. The summed E-state index contributed by atoms with van der Waals surface area (Å²) in [6.45, 7) is 4.18. The van der Waals surface area contributed by atoms with E-state index in [4.69, 9.17) is 4.74 Å². The van der Waals surface area contributed by atoms with Crippen LogP contribution in [0.1, 0.15) is 11.1 Å². The molecule has 2 amide bonds. The zero-order valence-corrected chi connectivity index (χ0v) is 16.1. The van der Waals surface area contributed by atoms with Gasteiger partial charge in [0, 0.05) is 43.9 Å². The van der Waals surface area contributed by atoms with Crippen LogP contribution in [0, 0.1) is 0 Å². The van der Waals surface area contributed by atoms with Crippen LogP contribution in [-0.4, -0.2) is 47.1 Å². The molecular weight excluding hydrogens is 368 g/mol. The van der Waals surface area contributed by atoms with Gasteiger partial charge in [0.15, 0.2) is 0 Å². The van der Waals surface area contributed by atoms with E-state index >= 15 is 0 Å². The first-order chi connectivity index (χ1) is 14.3. The highest BCUT2D eigenvalue weighted by atomic mass is 16.5. The molecule has 150 valence electrons. The third kappa shape index (κ3) is 5.32. The van der Waals surface area contributed by atoms with Gasteiger partial charge in [-0.2, -0.15) is 5.10 Å². The monoisotopic (exact) mass is 392 g/mol. The highest BCUT2D eigenvalue weighted by Gasteiger charge is 2.12. The van der Waals surface area contributed by atoms with Gasteiger partial charge in [-0.15, -0.1) is 0 Å². The van der Waals surface area contributed by atoms with Crippen LogP contribution in [0.3, 0.4) is 0 Å². The molecule has 4 rings (SSSR count). The number of aromatic nitrogens is 3. The smallest absolute Gasteiger partial charge is 0.319 e. The number of hydrogen-bond acceptors (Lipinski definition) is 5. The third-order valence-corrected chi connectivity index (χ3v) is 4.69. The predicted molar refractivity (Wildman–Crippen MR) is 111 cm³/mol. The fraction of sp³-hybridized carbons (Fsp3) is 0.286. The van der Waals surface area contributed by atoms with Crippen LogP contribution >= 0.6 is 0 Å². The van der Waals surface area contributed by atoms with Crippen LogP contribution in [0.5, 0.6) is 0 Å². The molecule has 2 aromatic heterocycles. The van der Waals surface area contributed by atoms with E-state index < -0.39 is 0 Å². The molecule has 8 heteroatoms. The second-order valence-electron chi connectivity index (χ2n) is 6.83. The van der Waals surface area contributed by atoms with Crippen molar-refractivity contribution in [1.82, 2.24) is 20.1 Å². The van der Waals surface area contributed by atoms with Gasteiger partial charge in [-0.1, -0.05) is 12.1 Å². The average molecular weight is 392 g/mol. The molecule has 0 radical (unpaired) electrons. The van der Waals surface area contributed by atoms with Gasteiger partial charge in [0.1, 0.15) is 5.82 Å². The average Bonchev–Trinajstić information content (AvgIpc) is 3.26. The molecule has 0 bridgehead atoms. The summed E-state index contributed by atoms with van der Waals surface area (Å²) in [5, 5.41) is 10.00. The number of amides is 2. The maximum absolute atomic E-state index is 12.3. The molecule has 1 aromatic carbocycles. The molecular formula is C21H24N6O2. The first-order valence-electron chi connectivity index (χ1n) is 9.65. The maximum Gasteiger partial charge on any atom is 0.319 e. The Hall–Kier alpha value is -3.39. The number of benzene rings is 1. The van der Waals surface area contributed by atoms with E-state index in [-0.39, 0.29) is 6.03 Å². The molecule has 1 aliphatic rings. The maximum atomic E-state index is 12.3. The van der Waals surface area contributed by atoms with Crippen LogP contribution in [0.4, 0.5) is 16.3 Å². The van der Waals surface area contributed by atoms with Crippen LogP contribution in [0.2, 0.25) is 0 Å². The van der Waals surface area contributed by atoms with Gasteiger partial charge >= 0.3 is 6.03 Å². The number of carbonyl (C=O) groups is 1. The molecule has 0 saturated carbocycles. The zero-order valence-electron chi connectivity index (χ0n) is 16.1. The summed E-state index contributed by atoms with van der Waals surface area (Å²) in [6, 6.07) is 13.3. The minimum absolute atomic E-state index is 0.244. The summed E-state index contributed by atoms with van der Waals surface area (Å²) < 4.78 is 7.23. The van der Waals surface area contributed by atoms with Crippen LogP contribution < -0.4 is 15.5 Å².